The smallest absolute Gasteiger partial charge is 0.314 e. The van der Waals surface area contributed by atoms with Crippen molar-refractivity contribution in [3.63, 3.8) is 0 Å². The van der Waals surface area contributed by atoms with Gasteiger partial charge in [-0.15, -0.1) is 0 Å². The summed E-state index contributed by atoms with van der Waals surface area (Å²) in [4.78, 5) is 28.2. The largest absolute Gasteiger partial charge is 0.481 e. The average Bonchev–Trinajstić information content (AvgIpc) is 2.62. The number of piperidine rings is 1. The van der Waals surface area contributed by atoms with Crippen molar-refractivity contribution in [1.82, 2.24) is 9.80 Å². The number of amides is 1. The SMILES string of the molecule is CC(C)CC[C@@]1(C(=O)O)CN(C(=O)CN(C)Cc2ccc(F)cc2)CC[C@H]1O. The Kier molecular flexibility index (Phi) is 7.55. The Labute approximate surface area is 165 Å². The molecule has 0 aliphatic carbocycles. The van der Waals surface area contributed by atoms with Crippen LogP contribution in [0.25, 0.3) is 0 Å². The van der Waals surface area contributed by atoms with E-state index >= 15 is 0 Å². The van der Waals surface area contributed by atoms with Crippen LogP contribution in [0.2, 0.25) is 0 Å². The first-order chi connectivity index (χ1) is 13.1. The third kappa shape index (κ3) is 5.52. The maximum Gasteiger partial charge on any atom is 0.314 e. The number of likely N-dealkylation sites (tertiary alicyclic amines) is 1. The second-order valence-corrected chi connectivity index (χ2v) is 8.31. The first-order valence-electron chi connectivity index (χ1n) is 9.76. The lowest BCUT2D eigenvalue weighted by atomic mass is 9.72. The van der Waals surface area contributed by atoms with Crippen molar-refractivity contribution in [3.05, 3.63) is 35.6 Å². The van der Waals surface area contributed by atoms with E-state index in [1.807, 2.05) is 18.7 Å². The number of carboxylic acid groups (broad SMARTS) is 1. The predicted molar refractivity (Wildman–Crippen MR) is 104 cm³/mol. The number of hydrogen-bond donors (Lipinski definition) is 2. The number of rotatable bonds is 8. The predicted octanol–water partition coefficient (Wildman–Crippen LogP) is 2.36. The van der Waals surface area contributed by atoms with Crippen LogP contribution in [0.5, 0.6) is 0 Å². The van der Waals surface area contributed by atoms with E-state index in [2.05, 4.69) is 0 Å². The molecule has 6 nitrogen and oxygen atoms in total. The molecule has 2 rings (SSSR count). The summed E-state index contributed by atoms with van der Waals surface area (Å²) >= 11 is 0. The van der Waals surface area contributed by atoms with E-state index in [1.54, 1.807) is 24.1 Å². The summed E-state index contributed by atoms with van der Waals surface area (Å²) in [7, 11) is 1.79. The van der Waals surface area contributed by atoms with Crippen molar-refractivity contribution in [2.45, 2.75) is 45.8 Å². The molecule has 0 spiro atoms. The van der Waals surface area contributed by atoms with E-state index in [1.165, 1.54) is 12.1 Å². The number of carboxylic acids is 1. The molecule has 1 amide bonds. The van der Waals surface area contributed by atoms with E-state index in [9.17, 15) is 24.2 Å². The van der Waals surface area contributed by atoms with Gasteiger partial charge in [-0.05, 0) is 49.9 Å². The zero-order chi connectivity index (χ0) is 20.9. The summed E-state index contributed by atoms with van der Waals surface area (Å²) in [5, 5.41) is 20.3. The number of nitrogens with zero attached hydrogens (tertiary/aromatic N) is 2. The molecular formula is C21H31FN2O4. The highest BCUT2D eigenvalue weighted by Gasteiger charge is 2.49. The highest BCUT2D eigenvalue weighted by atomic mass is 19.1. The van der Waals surface area contributed by atoms with E-state index in [4.69, 9.17) is 0 Å². The molecule has 1 fully saturated rings. The number of carbonyl (C=O) groups is 2. The lowest BCUT2D eigenvalue weighted by molar-refractivity contribution is -0.167. The summed E-state index contributed by atoms with van der Waals surface area (Å²) in [5.74, 6) is -1.19. The molecule has 1 heterocycles. The number of hydrogen-bond acceptors (Lipinski definition) is 4. The molecule has 0 saturated carbocycles. The van der Waals surface area contributed by atoms with E-state index in [0.29, 0.717) is 31.8 Å². The number of aliphatic hydroxyl groups is 1. The molecule has 0 radical (unpaired) electrons. The quantitative estimate of drug-likeness (QED) is 0.707. The molecule has 0 aromatic heterocycles. The second-order valence-electron chi connectivity index (χ2n) is 8.31. The minimum absolute atomic E-state index is 0.0272. The first kappa shape index (κ1) is 22.3. The zero-order valence-electron chi connectivity index (χ0n) is 16.9. The molecule has 1 aliphatic rings. The molecule has 7 heteroatoms. The zero-order valence-corrected chi connectivity index (χ0v) is 16.9. The van der Waals surface area contributed by atoms with Gasteiger partial charge < -0.3 is 15.1 Å². The topological polar surface area (TPSA) is 81.1 Å². The third-order valence-corrected chi connectivity index (χ3v) is 5.50. The fourth-order valence-corrected chi connectivity index (χ4v) is 3.69. The molecular weight excluding hydrogens is 363 g/mol. The number of likely N-dealkylation sites (N-methyl/N-ethyl adjacent to an activating group) is 1. The second kappa shape index (κ2) is 9.47. The Bertz CT molecular complexity index is 679. The van der Waals surface area contributed by atoms with Crippen LogP contribution in [0.1, 0.15) is 38.7 Å². The molecule has 2 N–H and O–H groups in total. The molecule has 2 atom stereocenters. The van der Waals surface area contributed by atoms with Crippen LogP contribution < -0.4 is 0 Å². The van der Waals surface area contributed by atoms with Gasteiger partial charge in [-0.25, -0.2) is 4.39 Å². The van der Waals surface area contributed by atoms with Gasteiger partial charge in [-0.1, -0.05) is 26.0 Å². The lowest BCUT2D eigenvalue weighted by Gasteiger charge is -2.44. The summed E-state index contributed by atoms with van der Waals surface area (Å²) in [6, 6.07) is 6.11. The van der Waals surface area contributed by atoms with Gasteiger partial charge in [-0.2, -0.15) is 0 Å². The molecule has 0 bridgehead atoms. The fraction of sp³-hybridized carbons (Fsp3) is 0.619. The van der Waals surface area contributed by atoms with Gasteiger partial charge in [0.25, 0.3) is 0 Å². The van der Waals surface area contributed by atoms with Crippen LogP contribution in [0.4, 0.5) is 4.39 Å². The first-order valence-corrected chi connectivity index (χ1v) is 9.76. The van der Waals surface area contributed by atoms with Crippen molar-refractivity contribution in [1.29, 1.82) is 0 Å². The van der Waals surface area contributed by atoms with Crippen LogP contribution >= 0.6 is 0 Å². The van der Waals surface area contributed by atoms with Crippen molar-refractivity contribution < 1.29 is 24.2 Å². The van der Waals surface area contributed by atoms with Gasteiger partial charge in [0.2, 0.25) is 5.91 Å². The number of halogens is 1. The third-order valence-electron chi connectivity index (χ3n) is 5.50. The van der Waals surface area contributed by atoms with Gasteiger partial charge in [-0.3, -0.25) is 14.5 Å². The van der Waals surface area contributed by atoms with Crippen molar-refractivity contribution >= 4 is 11.9 Å². The Hall–Kier alpha value is -1.99. The summed E-state index contributed by atoms with van der Waals surface area (Å²) < 4.78 is 13.0. The Morgan fingerprint density at radius 1 is 1.32 bits per heavy atom. The lowest BCUT2D eigenvalue weighted by Crippen LogP contribution is -2.58. The number of aliphatic carboxylic acids is 1. The van der Waals surface area contributed by atoms with Crippen molar-refractivity contribution in [2.24, 2.45) is 11.3 Å². The molecule has 1 aliphatic heterocycles. The van der Waals surface area contributed by atoms with Gasteiger partial charge >= 0.3 is 5.97 Å². The summed E-state index contributed by atoms with van der Waals surface area (Å²) in [5.41, 5.74) is -0.421. The Balaban J connectivity index is 2.01. The Morgan fingerprint density at radius 3 is 2.54 bits per heavy atom. The van der Waals surface area contributed by atoms with Crippen molar-refractivity contribution in [3.8, 4) is 0 Å². The maximum absolute atomic E-state index is 13.0. The van der Waals surface area contributed by atoms with Gasteiger partial charge in [0.1, 0.15) is 11.2 Å². The highest BCUT2D eigenvalue weighted by Crippen LogP contribution is 2.36. The minimum atomic E-state index is -1.31. The number of aliphatic hydroxyl groups excluding tert-OH is 1. The number of carbonyl (C=O) groups excluding carboxylic acids is 1. The van der Waals surface area contributed by atoms with Crippen LogP contribution in [0.3, 0.4) is 0 Å². The van der Waals surface area contributed by atoms with Crippen LogP contribution in [0, 0.1) is 17.2 Å². The van der Waals surface area contributed by atoms with Gasteiger partial charge in [0.15, 0.2) is 0 Å². The molecule has 28 heavy (non-hydrogen) atoms. The van der Waals surface area contributed by atoms with Gasteiger partial charge in [0.05, 0.1) is 12.6 Å². The minimum Gasteiger partial charge on any atom is -0.481 e. The summed E-state index contributed by atoms with van der Waals surface area (Å²) in [6.45, 7) is 5.02. The Morgan fingerprint density at radius 2 is 1.96 bits per heavy atom. The molecule has 156 valence electrons. The standard InChI is InChI=1S/C21H31FN2O4/c1-15(2)8-10-21(20(27)28)14-24(11-9-18(21)25)19(26)13-23(3)12-16-4-6-17(22)7-5-16/h4-7,15,18,25H,8-14H2,1-3H3,(H,27,28)/t18-,21-/m1/s1. The molecule has 1 aromatic carbocycles. The average molecular weight is 394 g/mol. The van der Waals surface area contributed by atoms with Crippen LogP contribution in [-0.2, 0) is 16.1 Å². The molecule has 1 saturated heterocycles. The maximum atomic E-state index is 13.0. The molecule has 1 aromatic rings. The fourth-order valence-electron chi connectivity index (χ4n) is 3.69. The van der Waals surface area contributed by atoms with E-state index in [-0.39, 0.29) is 31.2 Å². The van der Waals surface area contributed by atoms with Gasteiger partial charge in [0, 0.05) is 19.6 Å². The van der Waals surface area contributed by atoms with Crippen LogP contribution in [0.15, 0.2) is 24.3 Å². The van der Waals surface area contributed by atoms with E-state index < -0.39 is 17.5 Å². The number of benzene rings is 1. The van der Waals surface area contributed by atoms with E-state index in [0.717, 1.165) is 5.56 Å². The van der Waals surface area contributed by atoms with Crippen molar-refractivity contribution in [2.75, 3.05) is 26.7 Å². The molecule has 0 unspecified atom stereocenters. The normalized spacial score (nSPS) is 22.7. The monoisotopic (exact) mass is 394 g/mol. The summed E-state index contributed by atoms with van der Waals surface area (Å²) in [6.07, 6.45) is 0.328. The highest BCUT2D eigenvalue weighted by molar-refractivity contribution is 5.81. The van der Waals surface area contributed by atoms with Crippen LogP contribution in [-0.4, -0.2) is 64.7 Å².